The van der Waals surface area contributed by atoms with Gasteiger partial charge in [-0.3, -0.25) is 14.0 Å². The molecule has 2 aliphatic rings. The Balaban J connectivity index is 1.87. The second-order valence-electron chi connectivity index (χ2n) is 9.29. The molecule has 1 saturated heterocycles. The van der Waals surface area contributed by atoms with Gasteiger partial charge in [-0.15, -0.1) is 0 Å². The molecule has 0 aromatic carbocycles. The van der Waals surface area contributed by atoms with Crippen LogP contribution < -0.4 is 11.1 Å². The number of halogens is 1. The predicted octanol–water partition coefficient (Wildman–Crippen LogP) is 2.29. The van der Waals surface area contributed by atoms with Crippen LogP contribution in [0.5, 0.6) is 0 Å². The van der Waals surface area contributed by atoms with Gasteiger partial charge in [-0.2, -0.15) is 0 Å². The number of nitrogens with zero attached hydrogens (tertiary/aromatic N) is 1. The van der Waals surface area contributed by atoms with E-state index in [-0.39, 0.29) is 43.9 Å². The van der Waals surface area contributed by atoms with Gasteiger partial charge in [0.2, 0.25) is 11.8 Å². The topological polar surface area (TPSA) is 111 Å². The molecule has 1 saturated carbocycles. The number of likely N-dealkylation sites (tertiary alicyclic amines) is 1. The first-order valence-electron chi connectivity index (χ1n) is 10.8. The fourth-order valence-electron chi connectivity index (χ4n) is 3.96. The number of primary amides is 1. The lowest BCUT2D eigenvalue weighted by Gasteiger charge is -2.41. The molecule has 0 unspecified atom stereocenters. The normalized spacial score (nSPS) is 24.2. The summed E-state index contributed by atoms with van der Waals surface area (Å²) in [4.78, 5) is 38.8. The SMILES string of the molecule is CC(C)(C)OC(=O)N1CCC(NC(=O)C2CCC(OCCCF)CC2)(C(N)=O)CC1. The van der Waals surface area contributed by atoms with Crippen LogP contribution >= 0.6 is 0 Å². The Bertz CT molecular complexity index is 606. The summed E-state index contributed by atoms with van der Waals surface area (Å²) >= 11 is 0. The maximum atomic E-state index is 12.8. The van der Waals surface area contributed by atoms with E-state index in [1.165, 1.54) is 0 Å². The zero-order valence-corrected chi connectivity index (χ0v) is 18.4. The van der Waals surface area contributed by atoms with Gasteiger partial charge in [0.15, 0.2) is 0 Å². The number of ether oxygens (including phenoxy) is 2. The standard InChI is InChI=1S/C21H36FN3O5/c1-20(2,3)30-19(28)25-12-9-21(10-13-25,18(23)27)24-17(26)15-5-7-16(8-6-15)29-14-4-11-22/h15-16H,4-14H2,1-3H3,(H2,23,27)(H,24,26). The lowest BCUT2D eigenvalue weighted by atomic mass is 9.83. The Labute approximate surface area is 178 Å². The summed E-state index contributed by atoms with van der Waals surface area (Å²) in [5.41, 5.74) is 3.91. The molecule has 3 amide bonds. The van der Waals surface area contributed by atoms with Crippen LogP contribution in [0, 0.1) is 5.92 Å². The van der Waals surface area contributed by atoms with Crippen LogP contribution in [-0.4, -0.2) is 66.4 Å². The molecular weight excluding hydrogens is 393 g/mol. The molecule has 30 heavy (non-hydrogen) atoms. The smallest absolute Gasteiger partial charge is 0.410 e. The largest absolute Gasteiger partial charge is 0.444 e. The number of rotatable bonds is 7. The molecule has 1 heterocycles. The molecule has 2 rings (SSSR count). The van der Waals surface area contributed by atoms with Crippen molar-refractivity contribution in [1.29, 1.82) is 0 Å². The van der Waals surface area contributed by atoms with E-state index < -0.39 is 29.8 Å². The number of nitrogens with one attached hydrogen (secondary N) is 1. The monoisotopic (exact) mass is 429 g/mol. The first kappa shape index (κ1) is 24.4. The average Bonchev–Trinajstić information content (AvgIpc) is 2.67. The van der Waals surface area contributed by atoms with Gasteiger partial charge < -0.3 is 25.4 Å². The number of hydrogen-bond donors (Lipinski definition) is 2. The van der Waals surface area contributed by atoms with Crippen molar-refractivity contribution in [2.75, 3.05) is 26.4 Å². The molecule has 0 spiro atoms. The summed E-state index contributed by atoms with van der Waals surface area (Å²) in [7, 11) is 0. The molecule has 2 fully saturated rings. The molecule has 0 aromatic rings. The van der Waals surface area contributed by atoms with E-state index in [4.69, 9.17) is 15.2 Å². The zero-order chi connectivity index (χ0) is 22.4. The van der Waals surface area contributed by atoms with Crippen molar-refractivity contribution in [2.45, 2.75) is 83.0 Å². The summed E-state index contributed by atoms with van der Waals surface area (Å²) in [6, 6.07) is 0. The van der Waals surface area contributed by atoms with Gasteiger partial charge in [0.25, 0.3) is 0 Å². The van der Waals surface area contributed by atoms with E-state index in [0.717, 1.165) is 12.8 Å². The number of carbonyl (C=O) groups is 3. The van der Waals surface area contributed by atoms with Gasteiger partial charge >= 0.3 is 6.09 Å². The van der Waals surface area contributed by atoms with Crippen molar-refractivity contribution < 1.29 is 28.2 Å². The van der Waals surface area contributed by atoms with Crippen molar-refractivity contribution in [3.05, 3.63) is 0 Å². The van der Waals surface area contributed by atoms with Crippen LogP contribution in [0.1, 0.15) is 65.7 Å². The molecule has 3 N–H and O–H groups in total. The van der Waals surface area contributed by atoms with Crippen LogP contribution in [0.2, 0.25) is 0 Å². The van der Waals surface area contributed by atoms with Gasteiger partial charge in [0, 0.05) is 25.6 Å². The minimum absolute atomic E-state index is 0.0581. The number of nitrogens with two attached hydrogens (primary N) is 1. The third-order valence-corrected chi connectivity index (χ3v) is 5.78. The quantitative estimate of drug-likeness (QED) is 0.603. The Morgan fingerprint density at radius 3 is 2.23 bits per heavy atom. The number of piperidine rings is 1. The van der Waals surface area contributed by atoms with Crippen molar-refractivity contribution in [3.63, 3.8) is 0 Å². The summed E-state index contributed by atoms with van der Waals surface area (Å²) in [6.45, 7) is 5.96. The molecule has 172 valence electrons. The van der Waals surface area contributed by atoms with Crippen molar-refractivity contribution in [1.82, 2.24) is 10.2 Å². The highest BCUT2D eigenvalue weighted by molar-refractivity contribution is 5.91. The molecule has 8 nitrogen and oxygen atoms in total. The number of alkyl halides is 1. The molecule has 0 radical (unpaired) electrons. The van der Waals surface area contributed by atoms with Gasteiger partial charge in [-0.1, -0.05) is 0 Å². The average molecular weight is 430 g/mol. The minimum Gasteiger partial charge on any atom is -0.444 e. The lowest BCUT2D eigenvalue weighted by Crippen LogP contribution is -2.63. The molecule has 0 aromatic heterocycles. The maximum absolute atomic E-state index is 12.8. The van der Waals surface area contributed by atoms with E-state index in [0.29, 0.717) is 25.9 Å². The van der Waals surface area contributed by atoms with Gasteiger partial charge in [0.05, 0.1) is 12.8 Å². The highest BCUT2D eigenvalue weighted by Gasteiger charge is 2.44. The van der Waals surface area contributed by atoms with Gasteiger partial charge in [-0.05, 0) is 65.7 Å². The number of amides is 3. The number of carbonyl (C=O) groups excluding carboxylic acids is 3. The zero-order valence-electron chi connectivity index (χ0n) is 18.4. The first-order chi connectivity index (χ1) is 14.1. The van der Waals surface area contributed by atoms with Gasteiger partial charge in [-0.25, -0.2) is 4.79 Å². The fraction of sp³-hybridized carbons (Fsp3) is 0.857. The summed E-state index contributed by atoms with van der Waals surface area (Å²) in [5.74, 6) is -0.962. The van der Waals surface area contributed by atoms with Crippen LogP contribution in [0.25, 0.3) is 0 Å². The fourth-order valence-corrected chi connectivity index (χ4v) is 3.96. The van der Waals surface area contributed by atoms with E-state index in [9.17, 15) is 18.8 Å². The Morgan fingerprint density at radius 2 is 1.73 bits per heavy atom. The maximum Gasteiger partial charge on any atom is 0.410 e. The minimum atomic E-state index is -1.15. The molecule has 1 aliphatic carbocycles. The highest BCUT2D eigenvalue weighted by Crippen LogP contribution is 2.29. The van der Waals surface area contributed by atoms with Gasteiger partial charge in [0.1, 0.15) is 11.1 Å². The molecule has 0 bridgehead atoms. The third kappa shape index (κ3) is 6.82. The van der Waals surface area contributed by atoms with Crippen LogP contribution in [0.3, 0.4) is 0 Å². The summed E-state index contributed by atoms with van der Waals surface area (Å²) in [6.07, 6.45) is 3.32. The molecular formula is C21H36FN3O5. The van der Waals surface area contributed by atoms with Crippen LogP contribution in [0.4, 0.5) is 9.18 Å². The molecule has 1 aliphatic heterocycles. The summed E-state index contributed by atoms with van der Waals surface area (Å²) < 4.78 is 23.2. The van der Waals surface area contributed by atoms with E-state index >= 15 is 0 Å². The second kappa shape index (κ2) is 10.4. The van der Waals surface area contributed by atoms with Crippen molar-refractivity contribution in [2.24, 2.45) is 11.7 Å². The molecule has 9 heteroatoms. The predicted molar refractivity (Wildman–Crippen MR) is 109 cm³/mol. The van der Waals surface area contributed by atoms with E-state index in [1.54, 1.807) is 25.7 Å². The summed E-state index contributed by atoms with van der Waals surface area (Å²) in [5, 5.41) is 2.89. The van der Waals surface area contributed by atoms with Crippen LogP contribution in [0.15, 0.2) is 0 Å². The Hall–Kier alpha value is -1.90. The van der Waals surface area contributed by atoms with Crippen molar-refractivity contribution >= 4 is 17.9 Å². The van der Waals surface area contributed by atoms with Crippen LogP contribution in [-0.2, 0) is 19.1 Å². The number of hydrogen-bond acceptors (Lipinski definition) is 5. The molecule has 0 atom stereocenters. The lowest BCUT2D eigenvalue weighted by molar-refractivity contribution is -0.136. The Kier molecular flexibility index (Phi) is 8.46. The van der Waals surface area contributed by atoms with E-state index in [2.05, 4.69) is 5.32 Å². The Morgan fingerprint density at radius 1 is 1.13 bits per heavy atom. The van der Waals surface area contributed by atoms with E-state index in [1.807, 2.05) is 0 Å². The third-order valence-electron chi connectivity index (χ3n) is 5.78. The first-order valence-corrected chi connectivity index (χ1v) is 10.8. The van der Waals surface area contributed by atoms with Crippen molar-refractivity contribution in [3.8, 4) is 0 Å². The second-order valence-corrected chi connectivity index (χ2v) is 9.29. The highest BCUT2D eigenvalue weighted by atomic mass is 19.1.